The van der Waals surface area contributed by atoms with Gasteiger partial charge < -0.3 is 14.6 Å². The molecule has 6 nitrogen and oxygen atoms in total. The maximum atomic E-state index is 13.6. The van der Waals surface area contributed by atoms with Gasteiger partial charge >= 0.3 is 12.1 Å². The number of methoxy groups -OCH3 is 1. The Labute approximate surface area is 115 Å². The SMILES string of the molecule is COc1cc(C(=O)O)c(F)cc1NC(=O)OC(C)(C)C. The Hall–Kier alpha value is -2.31. The average molecular weight is 285 g/mol. The quantitative estimate of drug-likeness (QED) is 0.892. The van der Waals surface area contributed by atoms with Crippen molar-refractivity contribution < 1.29 is 28.6 Å². The second-order valence-electron chi connectivity index (χ2n) is 4.96. The monoisotopic (exact) mass is 285 g/mol. The van der Waals surface area contributed by atoms with Crippen molar-refractivity contribution in [2.45, 2.75) is 26.4 Å². The molecular weight excluding hydrogens is 269 g/mol. The minimum atomic E-state index is -1.43. The van der Waals surface area contributed by atoms with Gasteiger partial charge in [-0.05, 0) is 26.8 Å². The first-order valence-electron chi connectivity index (χ1n) is 5.75. The Bertz CT molecular complexity index is 536. The molecule has 0 heterocycles. The van der Waals surface area contributed by atoms with Crippen LogP contribution in [0.2, 0.25) is 0 Å². The largest absolute Gasteiger partial charge is 0.495 e. The van der Waals surface area contributed by atoms with Crippen LogP contribution in [0.3, 0.4) is 0 Å². The molecule has 1 amide bonds. The summed E-state index contributed by atoms with van der Waals surface area (Å²) in [4.78, 5) is 22.4. The number of amides is 1. The van der Waals surface area contributed by atoms with E-state index in [9.17, 15) is 14.0 Å². The molecule has 0 aliphatic carbocycles. The number of carbonyl (C=O) groups is 2. The zero-order chi connectivity index (χ0) is 15.5. The van der Waals surface area contributed by atoms with Crippen LogP contribution in [0.1, 0.15) is 31.1 Å². The number of anilines is 1. The summed E-state index contributed by atoms with van der Waals surface area (Å²) in [6, 6.07) is 1.86. The smallest absolute Gasteiger partial charge is 0.412 e. The van der Waals surface area contributed by atoms with E-state index in [1.54, 1.807) is 20.8 Å². The molecule has 1 aromatic carbocycles. The molecule has 0 atom stereocenters. The first-order chi connectivity index (χ1) is 9.14. The van der Waals surface area contributed by atoms with Crippen molar-refractivity contribution in [1.82, 2.24) is 0 Å². The topological polar surface area (TPSA) is 84.9 Å². The third kappa shape index (κ3) is 4.11. The third-order valence-corrected chi connectivity index (χ3v) is 2.16. The molecule has 0 aliphatic heterocycles. The molecule has 0 fully saturated rings. The van der Waals surface area contributed by atoms with Gasteiger partial charge in [-0.15, -0.1) is 0 Å². The van der Waals surface area contributed by atoms with Crippen LogP contribution in [0.25, 0.3) is 0 Å². The van der Waals surface area contributed by atoms with E-state index in [1.165, 1.54) is 7.11 Å². The summed E-state index contributed by atoms with van der Waals surface area (Å²) >= 11 is 0. The van der Waals surface area contributed by atoms with Crippen molar-refractivity contribution in [2.24, 2.45) is 0 Å². The summed E-state index contributed by atoms with van der Waals surface area (Å²) in [6.45, 7) is 5.04. The molecule has 1 aromatic rings. The number of carbonyl (C=O) groups excluding carboxylic acids is 1. The van der Waals surface area contributed by atoms with Gasteiger partial charge in [-0.25, -0.2) is 14.0 Å². The molecule has 1 rings (SSSR count). The van der Waals surface area contributed by atoms with Gasteiger partial charge in [0.1, 0.15) is 17.2 Å². The molecule has 0 saturated heterocycles. The van der Waals surface area contributed by atoms with E-state index in [0.717, 1.165) is 12.1 Å². The molecule has 0 aromatic heterocycles. The predicted molar refractivity (Wildman–Crippen MR) is 69.8 cm³/mol. The fourth-order valence-corrected chi connectivity index (χ4v) is 1.40. The molecule has 0 aliphatic rings. The van der Waals surface area contributed by atoms with E-state index in [1.807, 2.05) is 0 Å². The summed E-state index contributed by atoms with van der Waals surface area (Å²) in [5, 5.41) is 11.1. The summed E-state index contributed by atoms with van der Waals surface area (Å²) in [6.07, 6.45) is -0.793. The molecule has 0 saturated carbocycles. The zero-order valence-electron chi connectivity index (χ0n) is 11.6. The molecule has 0 radical (unpaired) electrons. The number of hydrogen-bond acceptors (Lipinski definition) is 4. The average Bonchev–Trinajstić information content (AvgIpc) is 2.25. The maximum Gasteiger partial charge on any atom is 0.412 e. The molecule has 0 unspecified atom stereocenters. The highest BCUT2D eigenvalue weighted by Gasteiger charge is 2.20. The number of halogens is 1. The molecule has 2 N–H and O–H groups in total. The van der Waals surface area contributed by atoms with E-state index in [2.05, 4.69) is 5.32 Å². The molecule has 20 heavy (non-hydrogen) atoms. The summed E-state index contributed by atoms with van der Waals surface area (Å²) in [5.74, 6) is -2.39. The summed E-state index contributed by atoms with van der Waals surface area (Å²) in [5.41, 5.74) is -1.27. The highest BCUT2D eigenvalue weighted by molar-refractivity contribution is 5.92. The van der Waals surface area contributed by atoms with Gasteiger partial charge in [0.05, 0.1) is 18.4 Å². The van der Waals surface area contributed by atoms with Gasteiger partial charge in [-0.2, -0.15) is 0 Å². The number of nitrogens with one attached hydrogen (secondary N) is 1. The normalized spacial score (nSPS) is 10.8. The van der Waals surface area contributed by atoms with Gasteiger partial charge in [0, 0.05) is 6.07 Å². The van der Waals surface area contributed by atoms with Crippen molar-refractivity contribution in [2.75, 3.05) is 12.4 Å². The Morgan fingerprint density at radius 3 is 2.35 bits per heavy atom. The number of aromatic carboxylic acids is 1. The van der Waals surface area contributed by atoms with Crippen molar-refractivity contribution in [1.29, 1.82) is 0 Å². The third-order valence-electron chi connectivity index (χ3n) is 2.16. The standard InChI is InChI=1S/C13H16FNO5/c1-13(2,3)20-12(18)15-9-6-8(14)7(11(16)17)5-10(9)19-4/h5-6H,1-4H3,(H,15,18)(H,16,17). The van der Waals surface area contributed by atoms with E-state index in [-0.39, 0.29) is 11.4 Å². The first-order valence-corrected chi connectivity index (χ1v) is 5.75. The second kappa shape index (κ2) is 5.77. The fraction of sp³-hybridized carbons (Fsp3) is 0.385. The Kier molecular flexibility index (Phi) is 4.54. The fourth-order valence-electron chi connectivity index (χ4n) is 1.40. The van der Waals surface area contributed by atoms with E-state index in [4.69, 9.17) is 14.6 Å². The Balaban J connectivity index is 3.04. The molecular formula is C13H16FNO5. The van der Waals surface area contributed by atoms with Crippen molar-refractivity contribution in [3.8, 4) is 5.75 Å². The van der Waals surface area contributed by atoms with Gasteiger partial charge in [0.15, 0.2) is 0 Å². The van der Waals surface area contributed by atoms with E-state index in [0.29, 0.717) is 0 Å². The van der Waals surface area contributed by atoms with Crippen LogP contribution in [0.4, 0.5) is 14.9 Å². The number of ether oxygens (including phenoxy) is 2. The lowest BCUT2D eigenvalue weighted by atomic mass is 10.1. The minimum absolute atomic E-state index is 0.00995. The lowest BCUT2D eigenvalue weighted by molar-refractivity contribution is 0.0634. The maximum absolute atomic E-state index is 13.6. The van der Waals surface area contributed by atoms with E-state index >= 15 is 0 Å². The number of carboxylic acids is 1. The van der Waals surface area contributed by atoms with Crippen molar-refractivity contribution in [3.63, 3.8) is 0 Å². The predicted octanol–water partition coefficient (Wildman–Crippen LogP) is 2.88. The van der Waals surface area contributed by atoms with E-state index < -0.39 is 29.0 Å². The van der Waals surface area contributed by atoms with Crippen LogP contribution in [0.15, 0.2) is 12.1 Å². The second-order valence-corrected chi connectivity index (χ2v) is 4.96. The molecule has 7 heteroatoms. The van der Waals surface area contributed by atoms with Crippen LogP contribution in [0, 0.1) is 5.82 Å². The molecule has 0 bridgehead atoms. The number of benzene rings is 1. The van der Waals surface area contributed by atoms with Gasteiger partial charge in [-0.3, -0.25) is 5.32 Å². The van der Waals surface area contributed by atoms with Gasteiger partial charge in [0.2, 0.25) is 0 Å². The zero-order valence-corrected chi connectivity index (χ0v) is 11.6. The first kappa shape index (κ1) is 15.7. The molecule has 110 valence electrons. The van der Waals surface area contributed by atoms with Crippen LogP contribution in [-0.4, -0.2) is 29.9 Å². The van der Waals surface area contributed by atoms with Gasteiger partial charge in [0.25, 0.3) is 0 Å². The van der Waals surface area contributed by atoms with Crippen LogP contribution in [0.5, 0.6) is 5.75 Å². The van der Waals surface area contributed by atoms with Crippen LogP contribution in [-0.2, 0) is 4.74 Å². The Morgan fingerprint density at radius 2 is 1.90 bits per heavy atom. The lowest BCUT2D eigenvalue weighted by Gasteiger charge is -2.20. The highest BCUT2D eigenvalue weighted by Crippen LogP contribution is 2.28. The van der Waals surface area contributed by atoms with Crippen molar-refractivity contribution >= 4 is 17.7 Å². The molecule has 0 spiro atoms. The van der Waals surface area contributed by atoms with Crippen molar-refractivity contribution in [3.05, 3.63) is 23.5 Å². The summed E-state index contributed by atoms with van der Waals surface area (Å²) < 4.78 is 23.5. The van der Waals surface area contributed by atoms with Crippen LogP contribution >= 0.6 is 0 Å². The highest BCUT2D eigenvalue weighted by atomic mass is 19.1. The lowest BCUT2D eigenvalue weighted by Crippen LogP contribution is -2.27. The number of hydrogen-bond donors (Lipinski definition) is 2. The number of carboxylic acid groups (broad SMARTS) is 1. The minimum Gasteiger partial charge on any atom is -0.495 e. The Morgan fingerprint density at radius 1 is 1.30 bits per heavy atom. The van der Waals surface area contributed by atoms with Crippen LogP contribution < -0.4 is 10.1 Å². The summed E-state index contributed by atoms with van der Waals surface area (Å²) in [7, 11) is 1.28. The van der Waals surface area contributed by atoms with Gasteiger partial charge in [-0.1, -0.05) is 0 Å². The number of rotatable bonds is 3.